The zero-order valence-corrected chi connectivity index (χ0v) is 40.6. The molecule has 1 aliphatic heterocycles. The summed E-state index contributed by atoms with van der Waals surface area (Å²) in [4.78, 5) is 15.4. The third-order valence-corrected chi connectivity index (χ3v) is 20.9. The van der Waals surface area contributed by atoms with E-state index in [1.54, 1.807) is 12.1 Å². The molecule has 0 aromatic heterocycles. The number of carbonyl (C=O) groups excluding carboxylic acids is 1. The number of hydrogen-bond acceptors (Lipinski definition) is 13. The normalized spacial score (nSPS) is 47.0. The Bertz CT molecular complexity index is 2160. The van der Waals surface area contributed by atoms with Gasteiger partial charge in [-0.05, 0) is 116 Å². The van der Waals surface area contributed by atoms with E-state index in [0.29, 0.717) is 67.9 Å². The molecule has 1 spiro atoms. The van der Waals surface area contributed by atoms with Crippen molar-refractivity contribution >= 4 is 5.78 Å². The minimum absolute atomic E-state index is 0.0457. The Balaban J connectivity index is 1.03. The molecule has 1 heterocycles. The van der Waals surface area contributed by atoms with Crippen LogP contribution in [0.5, 0.6) is 11.5 Å². The molecule has 372 valence electrons. The third-order valence-electron chi connectivity index (χ3n) is 20.9. The Hall–Kier alpha value is -2.43. The molecule has 0 unspecified atom stereocenters. The van der Waals surface area contributed by atoms with Crippen molar-refractivity contribution < 1.29 is 55.1 Å². The van der Waals surface area contributed by atoms with Crippen LogP contribution in [0.4, 0.5) is 0 Å². The van der Waals surface area contributed by atoms with Crippen LogP contribution >= 0.6 is 0 Å². The lowest BCUT2D eigenvalue weighted by Gasteiger charge is -2.65. The van der Waals surface area contributed by atoms with Gasteiger partial charge in [-0.15, -0.1) is 0 Å². The van der Waals surface area contributed by atoms with Crippen molar-refractivity contribution in [1.82, 2.24) is 10.6 Å². The van der Waals surface area contributed by atoms with Crippen LogP contribution in [0, 0.1) is 51.8 Å². The maximum Gasteiger partial charge on any atom is 0.160 e. The molecule has 10 aliphatic rings. The average molecular weight is 933 g/mol. The van der Waals surface area contributed by atoms with E-state index < -0.39 is 69.3 Å². The van der Waals surface area contributed by atoms with Gasteiger partial charge in [0.25, 0.3) is 0 Å². The predicted octanol–water partition coefficient (Wildman–Crippen LogP) is 4.69. The van der Waals surface area contributed by atoms with Gasteiger partial charge in [-0.1, -0.05) is 65.5 Å². The highest BCUT2D eigenvalue weighted by Gasteiger charge is 2.82. The first-order valence-corrected chi connectivity index (χ1v) is 26.1. The molecule has 11 rings (SSSR count). The van der Waals surface area contributed by atoms with Gasteiger partial charge in [0.1, 0.15) is 22.7 Å². The second-order valence-corrected chi connectivity index (χ2v) is 24.0. The summed E-state index contributed by atoms with van der Waals surface area (Å²) < 4.78 is 14.3. The highest BCUT2D eigenvalue weighted by atomic mass is 16.6. The van der Waals surface area contributed by atoms with E-state index in [1.165, 1.54) is 25.3 Å². The minimum atomic E-state index is -1.74. The van der Waals surface area contributed by atoms with Gasteiger partial charge in [-0.3, -0.25) is 4.79 Å². The minimum Gasteiger partial charge on any atom is -0.508 e. The molecule has 1 aromatic rings. The van der Waals surface area contributed by atoms with Crippen LogP contribution in [0.3, 0.4) is 0 Å². The van der Waals surface area contributed by atoms with Crippen molar-refractivity contribution in [3.63, 3.8) is 0 Å². The molecule has 6 fully saturated rings. The molecule has 1 saturated heterocycles. The fraction of sp³-hybridized carbons (Fsp3) is 0.796. The lowest BCUT2D eigenvalue weighted by atomic mass is 9.41. The maximum absolute atomic E-state index is 15.4. The quantitative estimate of drug-likeness (QED) is 0.129. The fourth-order valence-corrected chi connectivity index (χ4v) is 17.4. The van der Waals surface area contributed by atoms with Crippen molar-refractivity contribution in [3.8, 4) is 11.5 Å². The van der Waals surface area contributed by atoms with Crippen LogP contribution in [0.15, 0.2) is 35.4 Å². The number of ketones is 1. The second-order valence-electron chi connectivity index (χ2n) is 24.0. The predicted molar refractivity (Wildman–Crippen MR) is 251 cm³/mol. The van der Waals surface area contributed by atoms with Gasteiger partial charge in [-0.25, -0.2) is 0 Å². The largest absolute Gasteiger partial charge is 0.508 e. The summed E-state index contributed by atoms with van der Waals surface area (Å²) in [7, 11) is 0. The molecule has 2 bridgehead atoms. The Morgan fingerprint density at radius 2 is 1.69 bits per heavy atom. The number of likely N-dealkylation sites (N-methyl/N-ethyl adjacent to an activating group) is 1. The highest BCUT2D eigenvalue weighted by Crippen LogP contribution is 2.76. The number of nitrogens with one attached hydrogen (secondary N) is 2. The molecule has 5 saturated carbocycles. The Kier molecular flexibility index (Phi) is 12.1. The molecule has 67 heavy (non-hydrogen) atoms. The molecule has 0 amide bonds. The third kappa shape index (κ3) is 6.71. The molecular formula is C54H80N2O11. The number of aromatic hydroxyl groups is 2. The maximum atomic E-state index is 15.4. The fourth-order valence-electron chi connectivity index (χ4n) is 17.4. The van der Waals surface area contributed by atoms with Crippen molar-refractivity contribution in [2.75, 3.05) is 39.5 Å². The van der Waals surface area contributed by atoms with E-state index in [1.807, 2.05) is 13.8 Å². The first kappa shape index (κ1) is 48.2. The topological polar surface area (TPSA) is 221 Å². The number of rotatable bonds is 12. The Morgan fingerprint density at radius 3 is 2.40 bits per heavy atom. The number of phenolic OH excluding ortho intramolecular Hbond substituents is 2. The molecular weight excluding hydrogens is 853 g/mol. The van der Waals surface area contributed by atoms with Gasteiger partial charge in [-0.2, -0.15) is 0 Å². The first-order chi connectivity index (χ1) is 31.8. The summed E-state index contributed by atoms with van der Waals surface area (Å²) in [6, 6.07) is 3.28. The van der Waals surface area contributed by atoms with Crippen molar-refractivity contribution in [2.45, 2.75) is 177 Å². The molecule has 13 nitrogen and oxygen atoms in total. The van der Waals surface area contributed by atoms with Gasteiger partial charge in [0, 0.05) is 86.3 Å². The number of aliphatic hydroxyl groups is 6. The molecule has 17 atom stereocenters. The van der Waals surface area contributed by atoms with Gasteiger partial charge < -0.3 is 61.0 Å². The van der Waals surface area contributed by atoms with Crippen molar-refractivity contribution in [3.05, 3.63) is 46.6 Å². The zero-order chi connectivity index (χ0) is 47.7. The zero-order valence-electron chi connectivity index (χ0n) is 40.6. The van der Waals surface area contributed by atoms with Gasteiger partial charge >= 0.3 is 0 Å². The summed E-state index contributed by atoms with van der Waals surface area (Å²) in [6.07, 6.45) is 10.6. The van der Waals surface area contributed by atoms with E-state index in [0.717, 1.165) is 31.4 Å². The SMILES string of the molecule is CCNCC1=C[C@@]2(C)CC[C@@H]1[C@]1(O[C@H]3C[C@@]4(O)C5=CC(=O)[C@@H]6[C@@H]7c8cc(O)cc(O)c8CC[C@]7(O)[C@@H](OC[C@H](CO)CNC7CCCCC7)C[C@]6(C)[C@H]5CC[C@]4(C)[C@H]3[C@]1(O)CCO)[C@@H](O)[C@H]2C. The van der Waals surface area contributed by atoms with Crippen LogP contribution in [0.2, 0.25) is 0 Å². The summed E-state index contributed by atoms with van der Waals surface area (Å²) in [5.74, 6) is -3.99. The average Bonchev–Trinajstić information content (AvgIpc) is 3.64. The summed E-state index contributed by atoms with van der Waals surface area (Å²) in [5.41, 5.74) is -5.75. The monoisotopic (exact) mass is 933 g/mol. The van der Waals surface area contributed by atoms with Crippen molar-refractivity contribution in [1.29, 1.82) is 0 Å². The lowest BCUT2D eigenvalue weighted by Crippen LogP contribution is -2.70. The number of allylic oxidation sites excluding steroid dienone is 2. The molecule has 0 radical (unpaired) electrons. The Morgan fingerprint density at radius 1 is 0.940 bits per heavy atom. The number of fused-ring (bicyclic) bond motifs is 13. The van der Waals surface area contributed by atoms with Gasteiger partial charge in [0.2, 0.25) is 0 Å². The highest BCUT2D eigenvalue weighted by molar-refractivity contribution is 5.96. The lowest BCUT2D eigenvalue weighted by molar-refractivity contribution is -0.247. The second kappa shape index (κ2) is 16.8. The van der Waals surface area contributed by atoms with Crippen LogP contribution in [0.1, 0.15) is 135 Å². The van der Waals surface area contributed by atoms with E-state index >= 15 is 4.79 Å². The molecule has 10 N–H and O–H groups in total. The van der Waals surface area contributed by atoms with Crippen LogP contribution < -0.4 is 10.6 Å². The molecule has 1 aromatic carbocycles. The van der Waals surface area contributed by atoms with E-state index in [-0.39, 0.29) is 85.5 Å². The number of phenols is 2. The number of benzene rings is 1. The standard InChI is InChI=1S/C54H80N2O11/c1-6-55-27-32-23-48(3)15-13-37(32)54(47(62)30(48)2)52(64,18-19-57)46-42(67-54)24-53(65)39-22-41(61)45-44-36-20-34(59)21-40(60)35(36)12-17-51(44,63)43(25-49(45,4)38(39)14-16-50(46,53)5)66-29-31(28-58)26-56-33-10-8-7-9-11-33/h20-23,30-31,33,37-38,42-47,55-60,62-65H,6-19,24-29H2,1-5H3/t30-,31+,37+,38+,42+,43+,44+,45-,46+,47+,48-,49-,50-,51+,52-,53-,54+/m1/s1. The molecule has 13 heteroatoms. The number of carbonyl (C=O) groups is 1. The number of aliphatic hydroxyl groups excluding tert-OH is 3. The molecule has 9 aliphatic carbocycles. The van der Waals surface area contributed by atoms with Crippen LogP contribution in [-0.4, -0.2) is 133 Å². The van der Waals surface area contributed by atoms with E-state index in [9.17, 15) is 40.9 Å². The van der Waals surface area contributed by atoms with Crippen LogP contribution in [-0.2, 0) is 20.7 Å². The van der Waals surface area contributed by atoms with Crippen molar-refractivity contribution in [2.24, 2.45) is 51.8 Å². The van der Waals surface area contributed by atoms with Gasteiger partial charge in [0.05, 0.1) is 36.1 Å². The van der Waals surface area contributed by atoms with Crippen LogP contribution in [0.25, 0.3) is 0 Å². The van der Waals surface area contributed by atoms with E-state index in [2.05, 4.69) is 37.5 Å². The number of hydrogen-bond donors (Lipinski definition) is 10. The summed E-state index contributed by atoms with van der Waals surface area (Å²) in [5, 5.41) is 104. The number of ether oxygens (including phenoxy) is 2. The summed E-state index contributed by atoms with van der Waals surface area (Å²) in [6.45, 7) is 12.0. The smallest absolute Gasteiger partial charge is 0.160 e. The Labute approximate surface area is 396 Å². The van der Waals surface area contributed by atoms with E-state index in [4.69, 9.17) is 9.47 Å². The van der Waals surface area contributed by atoms with Gasteiger partial charge in [0.15, 0.2) is 5.78 Å². The first-order valence-electron chi connectivity index (χ1n) is 26.1. The summed E-state index contributed by atoms with van der Waals surface area (Å²) >= 11 is 0.